The van der Waals surface area contributed by atoms with Gasteiger partial charge >= 0.3 is 0 Å². The number of carbonyl (C=O) groups is 1. The van der Waals surface area contributed by atoms with Gasteiger partial charge in [-0.05, 0) is 49.2 Å². The van der Waals surface area contributed by atoms with Crippen LogP contribution in [0.2, 0.25) is 0 Å². The maximum atomic E-state index is 12.7. The highest BCUT2D eigenvalue weighted by molar-refractivity contribution is 6.02. The fourth-order valence-corrected chi connectivity index (χ4v) is 3.83. The lowest BCUT2D eigenvalue weighted by Crippen LogP contribution is -2.26. The van der Waals surface area contributed by atoms with E-state index in [9.17, 15) is 10.1 Å². The molecule has 0 saturated carbocycles. The molecule has 1 aromatic heterocycles. The molecule has 0 aliphatic heterocycles. The Bertz CT molecular complexity index is 1430. The van der Waals surface area contributed by atoms with Crippen molar-refractivity contribution < 1.29 is 14.3 Å². The summed E-state index contributed by atoms with van der Waals surface area (Å²) < 4.78 is 12.8. The molecule has 0 fully saturated rings. The molecular formula is C31H30N4O3. The second-order valence-electron chi connectivity index (χ2n) is 8.79. The fraction of sp³-hybridized carbons (Fsp3) is 0.194. The summed E-state index contributed by atoms with van der Waals surface area (Å²) in [5.41, 5.74) is 5.23. The first-order chi connectivity index (χ1) is 18.6. The first kappa shape index (κ1) is 26.4. The van der Waals surface area contributed by atoms with Crippen molar-refractivity contribution in [2.75, 3.05) is 20.3 Å². The van der Waals surface area contributed by atoms with Crippen molar-refractivity contribution in [1.29, 1.82) is 5.26 Å². The largest absolute Gasteiger partial charge is 0.489 e. The summed E-state index contributed by atoms with van der Waals surface area (Å²) in [6, 6.07) is 27.6. The van der Waals surface area contributed by atoms with Gasteiger partial charge in [-0.1, -0.05) is 60.2 Å². The molecule has 7 heteroatoms. The van der Waals surface area contributed by atoms with Crippen LogP contribution in [0.1, 0.15) is 23.1 Å². The molecule has 7 nitrogen and oxygen atoms in total. The van der Waals surface area contributed by atoms with E-state index in [0.29, 0.717) is 43.2 Å². The molecule has 0 bridgehead atoms. The van der Waals surface area contributed by atoms with Gasteiger partial charge in [-0.15, -0.1) is 0 Å². The number of hydrogen-bond donors (Lipinski definition) is 1. The van der Waals surface area contributed by atoms with Crippen LogP contribution in [0.3, 0.4) is 0 Å². The highest BCUT2D eigenvalue weighted by Crippen LogP contribution is 2.29. The summed E-state index contributed by atoms with van der Waals surface area (Å²) >= 11 is 0. The van der Waals surface area contributed by atoms with Gasteiger partial charge in [0.2, 0.25) is 0 Å². The maximum absolute atomic E-state index is 12.7. The molecule has 192 valence electrons. The summed E-state index contributed by atoms with van der Waals surface area (Å²) in [6.07, 6.45) is 4.06. The number of methoxy groups -OCH3 is 1. The van der Waals surface area contributed by atoms with Crippen molar-refractivity contribution in [3.8, 4) is 28.8 Å². The van der Waals surface area contributed by atoms with Crippen LogP contribution >= 0.6 is 0 Å². The third-order valence-corrected chi connectivity index (χ3v) is 5.87. The Hall–Kier alpha value is -4.67. The monoisotopic (exact) mass is 506 g/mol. The van der Waals surface area contributed by atoms with E-state index < -0.39 is 5.91 Å². The number of aromatic nitrogens is 2. The lowest BCUT2D eigenvalue weighted by Gasteiger charge is -2.08. The molecule has 1 N–H and O–H groups in total. The van der Waals surface area contributed by atoms with E-state index >= 15 is 0 Å². The Kier molecular flexibility index (Phi) is 9.06. The molecule has 0 aliphatic carbocycles. The number of nitriles is 1. The molecule has 1 heterocycles. The molecule has 0 spiro atoms. The molecule has 0 radical (unpaired) electrons. The Labute approximate surface area is 223 Å². The summed E-state index contributed by atoms with van der Waals surface area (Å²) in [4.78, 5) is 12.7. The number of carbonyl (C=O) groups excluding carboxylic acids is 1. The second-order valence-corrected chi connectivity index (χ2v) is 8.79. The number of rotatable bonds is 11. The number of ether oxygens (including phenoxy) is 2. The van der Waals surface area contributed by atoms with Crippen molar-refractivity contribution in [2.24, 2.45) is 0 Å². The van der Waals surface area contributed by atoms with Crippen molar-refractivity contribution in [2.45, 2.75) is 20.0 Å². The number of nitrogens with zero attached hydrogens (tertiary/aromatic N) is 3. The fourth-order valence-electron chi connectivity index (χ4n) is 3.83. The number of hydrogen-bond acceptors (Lipinski definition) is 5. The number of amides is 1. The molecular weight excluding hydrogens is 476 g/mol. The van der Waals surface area contributed by atoms with Crippen LogP contribution in [0.4, 0.5) is 0 Å². The van der Waals surface area contributed by atoms with Crippen LogP contribution in [0.15, 0.2) is 90.6 Å². The van der Waals surface area contributed by atoms with Gasteiger partial charge in [0.1, 0.15) is 29.7 Å². The van der Waals surface area contributed by atoms with Gasteiger partial charge in [-0.3, -0.25) is 4.79 Å². The Balaban J connectivity index is 1.64. The zero-order valence-corrected chi connectivity index (χ0v) is 21.6. The van der Waals surface area contributed by atoms with Crippen LogP contribution in [0, 0.1) is 18.3 Å². The van der Waals surface area contributed by atoms with E-state index in [1.165, 1.54) is 5.56 Å². The topological polar surface area (TPSA) is 89.2 Å². The van der Waals surface area contributed by atoms with Crippen molar-refractivity contribution in [3.05, 3.63) is 107 Å². The van der Waals surface area contributed by atoms with Crippen LogP contribution in [0.25, 0.3) is 23.0 Å². The standard InChI is InChI=1S/C31H30N4O3/c1-23-12-14-24(15-13-23)22-38-29-11-6-8-25(19-29)30-27(21-35(34-30)28-9-4-3-5-10-28)18-26(20-32)31(36)33-16-7-17-37-2/h3-6,8-15,18-19,21H,7,16-17,22H2,1-2H3,(H,33,36). The smallest absolute Gasteiger partial charge is 0.261 e. The van der Waals surface area contributed by atoms with Gasteiger partial charge < -0.3 is 14.8 Å². The molecule has 0 unspecified atom stereocenters. The predicted molar refractivity (Wildman–Crippen MR) is 148 cm³/mol. The van der Waals surface area contributed by atoms with Gasteiger partial charge in [-0.25, -0.2) is 4.68 Å². The minimum atomic E-state index is -0.433. The molecule has 0 saturated heterocycles. The number of aryl methyl sites for hydroxylation is 1. The van der Waals surface area contributed by atoms with Gasteiger partial charge in [-0.2, -0.15) is 10.4 Å². The second kappa shape index (κ2) is 13.0. The molecule has 0 aliphatic rings. The van der Waals surface area contributed by atoms with E-state index in [2.05, 4.69) is 24.4 Å². The van der Waals surface area contributed by atoms with E-state index in [1.807, 2.05) is 79.0 Å². The average molecular weight is 507 g/mol. The van der Waals surface area contributed by atoms with Crippen LogP contribution < -0.4 is 10.1 Å². The summed E-state index contributed by atoms with van der Waals surface area (Å²) in [7, 11) is 1.61. The van der Waals surface area contributed by atoms with Crippen LogP contribution in [-0.4, -0.2) is 35.9 Å². The van der Waals surface area contributed by atoms with Gasteiger partial charge in [0.05, 0.1) is 5.69 Å². The SMILES string of the molecule is COCCCNC(=O)C(C#N)=Cc1cn(-c2ccccc2)nc1-c1cccc(OCc2ccc(C)cc2)c1. The molecule has 3 aromatic carbocycles. The first-order valence-electron chi connectivity index (χ1n) is 12.4. The number of benzene rings is 3. The van der Waals surface area contributed by atoms with Gasteiger partial charge in [0.15, 0.2) is 0 Å². The summed E-state index contributed by atoms with van der Waals surface area (Å²) in [5, 5.41) is 17.3. The lowest BCUT2D eigenvalue weighted by atomic mass is 10.1. The molecule has 4 aromatic rings. The quantitative estimate of drug-likeness (QED) is 0.165. The van der Waals surface area contributed by atoms with Crippen LogP contribution in [0.5, 0.6) is 5.75 Å². The summed E-state index contributed by atoms with van der Waals surface area (Å²) in [6.45, 7) is 3.44. The Morgan fingerprint density at radius 1 is 1.08 bits per heavy atom. The molecule has 0 atom stereocenters. The predicted octanol–water partition coefficient (Wildman–Crippen LogP) is 5.49. The zero-order valence-electron chi connectivity index (χ0n) is 21.6. The normalized spacial score (nSPS) is 11.1. The minimum absolute atomic E-state index is 0.00283. The highest BCUT2D eigenvalue weighted by atomic mass is 16.5. The molecule has 38 heavy (non-hydrogen) atoms. The van der Waals surface area contributed by atoms with Crippen molar-refractivity contribution in [1.82, 2.24) is 15.1 Å². The van der Waals surface area contributed by atoms with E-state index in [-0.39, 0.29) is 5.57 Å². The minimum Gasteiger partial charge on any atom is -0.489 e. The lowest BCUT2D eigenvalue weighted by molar-refractivity contribution is -0.117. The van der Waals surface area contributed by atoms with Crippen molar-refractivity contribution >= 4 is 12.0 Å². The van der Waals surface area contributed by atoms with Crippen LogP contribution in [-0.2, 0) is 16.1 Å². The maximum Gasteiger partial charge on any atom is 0.261 e. The van der Waals surface area contributed by atoms with Gasteiger partial charge in [0.25, 0.3) is 5.91 Å². The van der Waals surface area contributed by atoms with E-state index in [4.69, 9.17) is 14.6 Å². The third-order valence-electron chi connectivity index (χ3n) is 5.87. The number of para-hydroxylation sites is 1. The highest BCUT2D eigenvalue weighted by Gasteiger charge is 2.15. The Morgan fingerprint density at radius 3 is 2.61 bits per heavy atom. The Morgan fingerprint density at radius 2 is 1.87 bits per heavy atom. The average Bonchev–Trinajstić information content (AvgIpc) is 3.38. The van der Waals surface area contributed by atoms with E-state index in [1.54, 1.807) is 17.9 Å². The third kappa shape index (κ3) is 6.96. The first-order valence-corrected chi connectivity index (χ1v) is 12.4. The zero-order chi connectivity index (χ0) is 26.7. The van der Waals surface area contributed by atoms with Gasteiger partial charge in [0, 0.05) is 37.6 Å². The molecule has 1 amide bonds. The van der Waals surface area contributed by atoms with Crippen molar-refractivity contribution in [3.63, 3.8) is 0 Å². The summed E-state index contributed by atoms with van der Waals surface area (Å²) in [5.74, 6) is 0.265. The number of nitrogens with one attached hydrogen (secondary N) is 1. The molecule has 4 rings (SSSR count). The van der Waals surface area contributed by atoms with E-state index in [0.717, 1.165) is 16.8 Å².